The van der Waals surface area contributed by atoms with E-state index in [0.29, 0.717) is 43.6 Å². The van der Waals surface area contributed by atoms with Crippen LogP contribution in [-0.2, 0) is 11.2 Å². The lowest BCUT2D eigenvalue weighted by Gasteiger charge is -2.20. The highest BCUT2D eigenvalue weighted by Crippen LogP contribution is 2.27. The smallest absolute Gasteiger partial charge is 0.259 e. The number of hydrogen-bond acceptors (Lipinski definition) is 6. The van der Waals surface area contributed by atoms with Crippen LogP contribution in [0.15, 0.2) is 30.5 Å². The van der Waals surface area contributed by atoms with E-state index in [2.05, 4.69) is 15.3 Å². The molecule has 0 unspecified atom stereocenters. The van der Waals surface area contributed by atoms with Gasteiger partial charge < -0.3 is 14.8 Å². The molecule has 0 bridgehead atoms. The van der Waals surface area contributed by atoms with E-state index < -0.39 is 0 Å². The number of anilines is 2. The SMILES string of the molecule is CCN(C(=O)c1ccc2c(c1)CCO2)c1ccnc(NCCOC)n1. The highest BCUT2D eigenvalue weighted by Gasteiger charge is 2.20. The summed E-state index contributed by atoms with van der Waals surface area (Å²) in [6.45, 7) is 4.27. The van der Waals surface area contributed by atoms with E-state index in [4.69, 9.17) is 9.47 Å². The van der Waals surface area contributed by atoms with Gasteiger partial charge in [0.25, 0.3) is 5.91 Å². The molecule has 1 aliphatic rings. The molecule has 1 aromatic carbocycles. The van der Waals surface area contributed by atoms with Gasteiger partial charge in [0.1, 0.15) is 11.6 Å². The van der Waals surface area contributed by atoms with Crippen LogP contribution >= 0.6 is 0 Å². The van der Waals surface area contributed by atoms with Gasteiger partial charge >= 0.3 is 0 Å². The molecule has 1 aromatic heterocycles. The number of carbonyl (C=O) groups is 1. The topological polar surface area (TPSA) is 76.6 Å². The molecular formula is C18H22N4O3. The molecule has 0 aliphatic carbocycles. The second-order valence-electron chi connectivity index (χ2n) is 5.63. The van der Waals surface area contributed by atoms with Crippen molar-refractivity contribution in [1.29, 1.82) is 0 Å². The van der Waals surface area contributed by atoms with Crippen LogP contribution in [0.1, 0.15) is 22.8 Å². The molecule has 0 atom stereocenters. The largest absolute Gasteiger partial charge is 0.493 e. The van der Waals surface area contributed by atoms with Crippen molar-refractivity contribution in [3.63, 3.8) is 0 Å². The lowest BCUT2D eigenvalue weighted by Crippen LogP contribution is -2.31. The zero-order valence-electron chi connectivity index (χ0n) is 14.5. The maximum absolute atomic E-state index is 12.9. The average molecular weight is 342 g/mol. The van der Waals surface area contributed by atoms with Crippen molar-refractivity contribution < 1.29 is 14.3 Å². The van der Waals surface area contributed by atoms with Gasteiger partial charge in [-0.05, 0) is 36.8 Å². The van der Waals surface area contributed by atoms with Gasteiger partial charge in [0.15, 0.2) is 0 Å². The molecule has 0 radical (unpaired) electrons. The van der Waals surface area contributed by atoms with E-state index >= 15 is 0 Å². The minimum absolute atomic E-state index is 0.0845. The molecule has 0 spiro atoms. The third-order valence-corrected chi connectivity index (χ3v) is 4.00. The van der Waals surface area contributed by atoms with Gasteiger partial charge in [-0.1, -0.05) is 0 Å². The summed E-state index contributed by atoms with van der Waals surface area (Å²) in [4.78, 5) is 23.2. The number of methoxy groups -OCH3 is 1. The number of nitrogens with one attached hydrogen (secondary N) is 1. The van der Waals surface area contributed by atoms with Gasteiger partial charge in [-0.3, -0.25) is 9.69 Å². The lowest BCUT2D eigenvalue weighted by molar-refractivity contribution is 0.0987. The summed E-state index contributed by atoms with van der Waals surface area (Å²) in [6.07, 6.45) is 2.48. The number of hydrogen-bond donors (Lipinski definition) is 1. The van der Waals surface area contributed by atoms with Gasteiger partial charge in [-0.25, -0.2) is 4.98 Å². The number of fused-ring (bicyclic) bond motifs is 1. The molecular weight excluding hydrogens is 320 g/mol. The normalized spacial score (nSPS) is 12.4. The predicted molar refractivity (Wildman–Crippen MR) is 95.4 cm³/mol. The summed E-state index contributed by atoms with van der Waals surface area (Å²) in [7, 11) is 1.64. The van der Waals surface area contributed by atoms with Crippen LogP contribution in [0.2, 0.25) is 0 Å². The fourth-order valence-corrected chi connectivity index (χ4v) is 2.73. The summed E-state index contributed by atoms with van der Waals surface area (Å²) in [5.41, 5.74) is 1.71. The Labute approximate surface area is 147 Å². The van der Waals surface area contributed by atoms with E-state index in [-0.39, 0.29) is 5.91 Å². The molecule has 2 aromatic rings. The van der Waals surface area contributed by atoms with E-state index in [9.17, 15) is 4.79 Å². The molecule has 25 heavy (non-hydrogen) atoms. The van der Waals surface area contributed by atoms with Crippen LogP contribution in [0.3, 0.4) is 0 Å². The number of carbonyl (C=O) groups excluding carboxylic acids is 1. The number of aromatic nitrogens is 2. The second-order valence-corrected chi connectivity index (χ2v) is 5.63. The number of amides is 1. The van der Waals surface area contributed by atoms with Gasteiger partial charge in [-0.2, -0.15) is 4.98 Å². The van der Waals surface area contributed by atoms with Crippen molar-refractivity contribution >= 4 is 17.7 Å². The highest BCUT2D eigenvalue weighted by atomic mass is 16.5. The quantitative estimate of drug-likeness (QED) is 0.777. The molecule has 7 nitrogen and oxygen atoms in total. The monoisotopic (exact) mass is 342 g/mol. The van der Waals surface area contributed by atoms with Gasteiger partial charge in [0.2, 0.25) is 5.95 Å². The van der Waals surface area contributed by atoms with Gasteiger partial charge in [0.05, 0.1) is 13.2 Å². The zero-order chi connectivity index (χ0) is 17.6. The van der Waals surface area contributed by atoms with E-state index in [1.807, 2.05) is 19.1 Å². The number of ether oxygens (including phenoxy) is 2. The Balaban J connectivity index is 1.79. The zero-order valence-corrected chi connectivity index (χ0v) is 14.5. The molecule has 1 amide bonds. The summed E-state index contributed by atoms with van der Waals surface area (Å²) >= 11 is 0. The van der Waals surface area contributed by atoms with E-state index in [1.165, 1.54) is 0 Å². The predicted octanol–water partition coefficient (Wildman–Crippen LogP) is 2.14. The van der Waals surface area contributed by atoms with Crippen LogP contribution in [0.4, 0.5) is 11.8 Å². The van der Waals surface area contributed by atoms with Crippen LogP contribution in [-0.4, -0.2) is 49.3 Å². The number of rotatable bonds is 7. The molecule has 1 N–H and O–H groups in total. The van der Waals surface area contributed by atoms with Crippen LogP contribution in [0, 0.1) is 0 Å². The van der Waals surface area contributed by atoms with Gasteiger partial charge in [-0.15, -0.1) is 0 Å². The third-order valence-electron chi connectivity index (χ3n) is 4.00. The van der Waals surface area contributed by atoms with Crippen LogP contribution in [0.5, 0.6) is 5.75 Å². The first-order valence-corrected chi connectivity index (χ1v) is 8.36. The van der Waals surface area contributed by atoms with Crippen molar-refractivity contribution in [2.45, 2.75) is 13.3 Å². The van der Waals surface area contributed by atoms with Crippen molar-refractivity contribution in [2.24, 2.45) is 0 Å². The van der Waals surface area contributed by atoms with Crippen LogP contribution < -0.4 is 15.0 Å². The first-order chi connectivity index (χ1) is 12.2. The Morgan fingerprint density at radius 3 is 3.08 bits per heavy atom. The first kappa shape index (κ1) is 17.2. The number of benzene rings is 1. The Morgan fingerprint density at radius 1 is 1.40 bits per heavy atom. The maximum atomic E-state index is 12.9. The Hall–Kier alpha value is -2.67. The average Bonchev–Trinajstić information content (AvgIpc) is 3.10. The van der Waals surface area contributed by atoms with Crippen LogP contribution in [0.25, 0.3) is 0 Å². The Bertz CT molecular complexity index is 751. The fourth-order valence-electron chi connectivity index (χ4n) is 2.73. The van der Waals surface area contributed by atoms with Crippen molar-refractivity contribution in [3.05, 3.63) is 41.6 Å². The summed E-state index contributed by atoms with van der Waals surface area (Å²) in [6, 6.07) is 7.31. The highest BCUT2D eigenvalue weighted by molar-refractivity contribution is 6.05. The summed E-state index contributed by atoms with van der Waals surface area (Å²) < 4.78 is 10.5. The minimum atomic E-state index is -0.0845. The van der Waals surface area contributed by atoms with E-state index in [0.717, 1.165) is 17.7 Å². The summed E-state index contributed by atoms with van der Waals surface area (Å²) in [5, 5.41) is 3.08. The molecule has 0 saturated heterocycles. The fraction of sp³-hybridized carbons (Fsp3) is 0.389. The molecule has 2 heterocycles. The Morgan fingerprint density at radius 2 is 2.28 bits per heavy atom. The standard InChI is InChI=1S/C18H22N4O3/c1-3-22(16-6-8-19-18(21-16)20-9-11-24-2)17(23)14-4-5-15-13(12-14)7-10-25-15/h4-6,8,12H,3,7,9-11H2,1-2H3,(H,19,20,21). The van der Waals surface area contributed by atoms with E-state index in [1.54, 1.807) is 30.3 Å². The maximum Gasteiger partial charge on any atom is 0.259 e. The molecule has 7 heteroatoms. The molecule has 3 rings (SSSR count). The first-order valence-electron chi connectivity index (χ1n) is 8.36. The van der Waals surface area contributed by atoms with Crippen molar-refractivity contribution in [1.82, 2.24) is 9.97 Å². The Kier molecular flexibility index (Phi) is 5.45. The molecule has 1 aliphatic heterocycles. The second kappa shape index (κ2) is 7.94. The summed E-state index contributed by atoms with van der Waals surface area (Å²) in [5.74, 6) is 1.83. The molecule has 132 valence electrons. The lowest BCUT2D eigenvalue weighted by atomic mass is 10.1. The molecule has 0 fully saturated rings. The third kappa shape index (κ3) is 3.88. The molecule has 0 saturated carbocycles. The van der Waals surface area contributed by atoms with Crippen molar-refractivity contribution in [3.8, 4) is 5.75 Å². The minimum Gasteiger partial charge on any atom is -0.493 e. The van der Waals surface area contributed by atoms with Crippen molar-refractivity contribution in [2.75, 3.05) is 43.6 Å². The number of nitrogens with zero attached hydrogens (tertiary/aromatic N) is 3. The van der Waals surface area contributed by atoms with Gasteiger partial charge in [0, 0.05) is 38.4 Å².